The van der Waals surface area contributed by atoms with E-state index in [0.29, 0.717) is 36.3 Å². The standard InChI is InChI=1S/C22H22N2O6/c1-28-20-10-15(12-25)6-7-19(20)29-14-22(27)30-13-21(26)23-9-8-16-11-24-18-5-3-2-4-17(16)18/h2-7,10-12,24H,8-9,13-14H2,1H3,(H,23,26). The topological polar surface area (TPSA) is 107 Å². The van der Waals surface area contributed by atoms with Crippen molar-refractivity contribution >= 4 is 29.1 Å². The van der Waals surface area contributed by atoms with Gasteiger partial charge in [0.05, 0.1) is 7.11 Å². The fourth-order valence-electron chi connectivity index (χ4n) is 2.93. The Morgan fingerprint density at radius 2 is 1.93 bits per heavy atom. The summed E-state index contributed by atoms with van der Waals surface area (Å²) >= 11 is 0. The normalized spacial score (nSPS) is 10.4. The quantitative estimate of drug-likeness (QED) is 0.392. The van der Waals surface area contributed by atoms with Gasteiger partial charge in [-0.05, 0) is 36.2 Å². The molecule has 2 N–H and O–H groups in total. The number of benzene rings is 2. The number of aromatic amines is 1. The van der Waals surface area contributed by atoms with Crippen molar-refractivity contribution in [3.8, 4) is 11.5 Å². The zero-order valence-corrected chi connectivity index (χ0v) is 16.5. The van der Waals surface area contributed by atoms with Gasteiger partial charge in [0.2, 0.25) is 0 Å². The predicted molar refractivity (Wildman–Crippen MR) is 110 cm³/mol. The number of aldehydes is 1. The first kappa shape index (κ1) is 20.9. The van der Waals surface area contributed by atoms with Crippen LogP contribution in [0.2, 0.25) is 0 Å². The van der Waals surface area contributed by atoms with E-state index >= 15 is 0 Å². The van der Waals surface area contributed by atoms with Crippen molar-refractivity contribution in [1.82, 2.24) is 10.3 Å². The van der Waals surface area contributed by atoms with Crippen molar-refractivity contribution in [2.45, 2.75) is 6.42 Å². The van der Waals surface area contributed by atoms with Crippen molar-refractivity contribution in [2.24, 2.45) is 0 Å². The second kappa shape index (κ2) is 10.1. The molecule has 8 nitrogen and oxygen atoms in total. The molecule has 0 unspecified atom stereocenters. The Balaban J connectivity index is 1.38. The van der Waals surface area contributed by atoms with Crippen LogP contribution in [-0.2, 0) is 20.7 Å². The number of esters is 1. The summed E-state index contributed by atoms with van der Waals surface area (Å²) in [5.41, 5.74) is 2.57. The molecule has 3 rings (SSSR count). The van der Waals surface area contributed by atoms with E-state index < -0.39 is 18.5 Å². The van der Waals surface area contributed by atoms with Gasteiger partial charge in [0, 0.05) is 29.2 Å². The van der Waals surface area contributed by atoms with Gasteiger partial charge in [-0.1, -0.05) is 18.2 Å². The minimum absolute atomic E-state index is 0.295. The van der Waals surface area contributed by atoms with Gasteiger partial charge in [-0.15, -0.1) is 0 Å². The van der Waals surface area contributed by atoms with E-state index in [9.17, 15) is 14.4 Å². The molecule has 0 aliphatic carbocycles. The number of carbonyl (C=O) groups excluding carboxylic acids is 3. The van der Waals surface area contributed by atoms with Crippen LogP contribution < -0.4 is 14.8 Å². The molecular weight excluding hydrogens is 388 g/mol. The van der Waals surface area contributed by atoms with E-state index in [1.54, 1.807) is 0 Å². The van der Waals surface area contributed by atoms with Crippen LogP contribution in [0.4, 0.5) is 0 Å². The maximum atomic E-state index is 11.9. The Hall–Kier alpha value is -3.81. The summed E-state index contributed by atoms with van der Waals surface area (Å²) < 4.78 is 15.4. The first-order valence-electron chi connectivity index (χ1n) is 9.34. The highest BCUT2D eigenvalue weighted by molar-refractivity contribution is 5.83. The minimum atomic E-state index is -0.691. The largest absolute Gasteiger partial charge is 0.493 e. The average Bonchev–Trinajstić information content (AvgIpc) is 3.19. The SMILES string of the molecule is COc1cc(C=O)ccc1OCC(=O)OCC(=O)NCCc1c[nH]c2ccccc12. The third-order valence-electron chi connectivity index (χ3n) is 4.42. The van der Waals surface area contributed by atoms with Crippen LogP contribution in [-0.4, -0.2) is 50.0 Å². The van der Waals surface area contributed by atoms with Crippen LogP contribution in [0.1, 0.15) is 15.9 Å². The Kier molecular flexibility index (Phi) is 7.05. The molecule has 0 fully saturated rings. The maximum Gasteiger partial charge on any atom is 0.344 e. The first-order chi connectivity index (χ1) is 14.6. The summed E-state index contributed by atoms with van der Waals surface area (Å²) in [5.74, 6) is -0.468. The molecule has 3 aromatic rings. The number of para-hydroxylation sites is 1. The van der Waals surface area contributed by atoms with Crippen molar-refractivity contribution < 1.29 is 28.6 Å². The number of ether oxygens (including phenoxy) is 3. The number of carbonyl (C=O) groups is 3. The molecule has 0 bridgehead atoms. The van der Waals surface area contributed by atoms with Crippen molar-refractivity contribution in [2.75, 3.05) is 26.9 Å². The van der Waals surface area contributed by atoms with Crippen molar-refractivity contribution in [3.05, 3.63) is 59.8 Å². The van der Waals surface area contributed by atoms with Gasteiger partial charge in [-0.25, -0.2) is 4.79 Å². The zero-order valence-electron chi connectivity index (χ0n) is 16.5. The molecule has 0 atom stereocenters. The lowest BCUT2D eigenvalue weighted by molar-refractivity contribution is -0.150. The van der Waals surface area contributed by atoms with E-state index in [4.69, 9.17) is 14.2 Å². The molecule has 1 aromatic heterocycles. The predicted octanol–water partition coefficient (Wildman–Crippen LogP) is 2.27. The van der Waals surface area contributed by atoms with Gasteiger partial charge < -0.3 is 24.5 Å². The molecule has 8 heteroatoms. The fraction of sp³-hybridized carbons (Fsp3) is 0.227. The number of fused-ring (bicyclic) bond motifs is 1. The Bertz CT molecular complexity index is 1040. The van der Waals surface area contributed by atoms with E-state index in [1.165, 1.54) is 25.3 Å². The van der Waals surface area contributed by atoms with E-state index in [1.807, 2.05) is 30.5 Å². The maximum absolute atomic E-state index is 11.9. The van der Waals surface area contributed by atoms with Crippen LogP contribution in [0.3, 0.4) is 0 Å². The molecule has 0 aliphatic rings. The Labute approximate surface area is 173 Å². The van der Waals surface area contributed by atoms with Crippen molar-refractivity contribution in [3.63, 3.8) is 0 Å². The number of hydrogen-bond donors (Lipinski definition) is 2. The van der Waals surface area contributed by atoms with Crippen LogP contribution in [0.15, 0.2) is 48.7 Å². The van der Waals surface area contributed by atoms with E-state index in [2.05, 4.69) is 10.3 Å². The molecular formula is C22H22N2O6. The smallest absolute Gasteiger partial charge is 0.344 e. The first-order valence-corrected chi connectivity index (χ1v) is 9.34. The zero-order chi connectivity index (χ0) is 21.3. The number of methoxy groups -OCH3 is 1. The second-order valence-corrected chi connectivity index (χ2v) is 6.44. The third-order valence-corrected chi connectivity index (χ3v) is 4.42. The Morgan fingerprint density at radius 1 is 1.10 bits per heavy atom. The van der Waals surface area contributed by atoms with Crippen LogP contribution >= 0.6 is 0 Å². The van der Waals surface area contributed by atoms with E-state index in [0.717, 1.165) is 16.5 Å². The van der Waals surface area contributed by atoms with Crippen LogP contribution in [0.5, 0.6) is 11.5 Å². The summed E-state index contributed by atoms with van der Waals surface area (Å²) in [6.07, 6.45) is 3.26. The lowest BCUT2D eigenvalue weighted by atomic mass is 10.1. The number of rotatable bonds is 10. The van der Waals surface area contributed by atoms with Crippen molar-refractivity contribution in [1.29, 1.82) is 0 Å². The molecule has 2 aromatic carbocycles. The van der Waals surface area contributed by atoms with Gasteiger partial charge in [0.1, 0.15) is 6.29 Å². The summed E-state index contributed by atoms with van der Waals surface area (Å²) in [7, 11) is 1.43. The second-order valence-electron chi connectivity index (χ2n) is 6.44. The monoisotopic (exact) mass is 410 g/mol. The Morgan fingerprint density at radius 3 is 2.73 bits per heavy atom. The number of nitrogens with one attached hydrogen (secondary N) is 2. The van der Waals surface area contributed by atoms with Gasteiger partial charge in [-0.2, -0.15) is 0 Å². The molecule has 0 spiro atoms. The molecule has 0 radical (unpaired) electrons. The molecule has 0 saturated carbocycles. The number of hydrogen-bond acceptors (Lipinski definition) is 6. The van der Waals surface area contributed by atoms with Crippen LogP contribution in [0.25, 0.3) is 10.9 Å². The number of H-pyrrole nitrogens is 1. The average molecular weight is 410 g/mol. The highest BCUT2D eigenvalue weighted by atomic mass is 16.6. The minimum Gasteiger partial charge on any atom is -0.493 e. The molecule has 0 aliphatic heterocycles. The summed E-state index contributed by atoms with van der Waals surface area (Å²) in [6.45, 7) is -0.355. The van der Waals surface area contributed by atoms with E-state index in [-0.39, 0.29) is 6.61 Å². The van der Waals surface area contributed by atoms with Crippen LogP contribution in [0, 0.1) is 0 Å². The highest BCUT2D eigenvalue weighted by Crippen LogP contribution is 2.27. The summed E-state index contributed by atoms with van der Waals surface area (Å²) in [4.78, 5) is 37.7. The number of amides is 1. The molecule has 30 heavy (non-hydrogen) atoms. The summed E-state index contributed by atoms with van der Waals surface area (Å²) in [6, 6.07) is 12.5. The van der Waals surface area contributed by atoms with Gasteiger partial charge in [-0.3, -0.25) is 9.59 Å². The fourth-order valence-corrected chi connectivity index (χ4v) is 2.93. The van der Waals surface area contributed by atoms with Gasteiger partial charge in [0.25, 0.3) is 5.91 Å². The molecule has 1 heterocycles. The number of aromatic nitrogens is 1. The molecule has 0 saturated heterocycles. The lowest BCUT2D eigenvalue weighted by Crippen LogP contribution is -2.31. The molecule has 156 valence electrons. The molecule has 1 amide bonds. The lowest BCUT2D eigenvalue weighted by Gasteiger charge is -2.11. The van der Waals surface area contributed by atoms with Gasteiger partial charge in [0.15, 0.2) is 24.7 Å². The van der Waals surface area contributed by atoms with Gasteiger partial charge >= 0.3 is 5.97 Å². The third kappa shape index (κ3) is 5.38. The highest BCUT2D eigenvalue weighted by Gasteiger charge is 2.11. The summed E-state index contributed by atoms with van der Waals surface area (Å²) in [5, 5.41) is 3.84.